The van der Waals surface area contributed by atoms with E-state index in [9.17, 15) is 4.79 Å². The molecule has 0 unspecified atom stereocenters. The Labute approximate surface area is 130 Å². The Morgan fingerprint density at radius 2 is 2.36 bits per heavy atom. The fourth-order valence-electron chi connectivity index (χ4n) is 2.32. The summed E-state index contributed by atoms with van der Waals surface area (Å²) in [5, 5.41) is 16.4. The number of carbonyl (C=O) groups is 1. The third-order valence-electron chi connectivity index (χ3n) is 3.76. The quantitative estimate of drug-likeness (QED) is 0.775. The van der Waals surface area contributed by atoms with Crippen LogP contribution in [0.15, 0.2) is 30.0 Å². The van der Waals surface area contributed by atoms with E-state index in [2.05, 4.69) is 25.6 Å². The minimum Gasteiger partial charge on any atom is -0.318 e. The predicted octanol–water partition coefficient (Wildman–Crippen LogP) is 2.71. The van der Waals surface area contributed by atoms with E-state index in [-0.39, 0.29) is 5.91 Å². The van der Waals surface area contributed by atoms with Gasteiger partial charge in [0.05, 0.1) is 17.9 Å². The fraction of sp³-hybridized carbons (Fsp3) is 0.286. The number of carbonyl (C=O) groups excluding carboxylic acids is 1. The molecule has 112 valence electrons. The van der Waals surface area contributed by atoms with Crippen molar-refractivity contribution < 1.29 is 4.79 Å². The Morgan fingerprint density at radius 1 is 1.45 bits per heavy atom. The molecule has 8 heteroatoms. The first-order valence-corrected chi connectivity index (χ1v) is 7.99. The Hall–Kier alpha value is -2.48. The maximum absolute atomic E-state index is 12.2. The zero-order chi connectivity index (χ0) is 14.9. The SMILES string of the molecule is O=C(Nc1cnn(C2CCC2)c1)c1csc(-c2cc[nH]n2)n1. The third-order valence-corrected chi connectivity index (χ3v) is 4.63. The summed E-state index contributed by atoms with van der Waals surface area (Å²) >= 11 is 1.39. The zero-order valence-corrected chi connectivity index (χ0v) is 12.5. The molecule has 0 spiro atoms. The highest BCUT2D eigenvalue weighted by molar-refractivity contribution is 7.13. The lowest BCUT2D eigenvalue weighted by molar-refractivity contribution is 0.102. The zero-order valence-electron chi connectivity index (χ0n) is 11.7. The van der Waals surface area contributed by atoms with Gasteiger partial charge in [0.25, 0.3) is 5.91 Å². The summed E-state index contributed by atoms with van der Waals surface area (Å²) in [6.45, 7) is 0. The van der Waals surface area contributed by atoms with Crippen molar-refractivity contribution in [3.63, 3.8) is 0 Å². The molecule has 7 nitrogen and oxygen atoms in total. The molecule has 3 aromatic rings. The maximum atomic E-state index is 12.2. The lowest BCUT2D eigenvalue weighted by atomic mass is 9.93. The molecule has 1 fully saturated rings. The van der Waals surface area contributed by atoms with Crippen molar-refractivity contribution in [2.75, 3.05) is 5.32 Å². The molecule has 1 aliphatic rings. The van der Waals surface area contributed by atoms with Gasteiger partial charge in [0.2, 0.25) is 0 Å². The molecule has 22 heavy (non-hydrogen) atoms. The normalized spacial score (nSPS) is 14.7. The molecule has 3 heterocycles. The van der Waals surface area contributed by atoms with Gasteiger partial charge in [0, 0.05) is 17.8 Å². The van der Waals surface area contributed by atoms with Crippen LogP contribution in [-0.2, 0) is 0 Å². The molecule has 0 aromatic carbocycles. The molecule has 0 radical (unpaired) electrons. The van der Waals surface area contributed by atoms with Crippen molar-refractivity contribution in [2.24, 2.45) is 0 Å². The van der Waals surface area contributed by atoms with E-state index in [1.807, 2.05) is 16.9 Å². The lowest BCUT2D eigenvalue weighted by Gasteiger charge is -2.25. The van der Waals surface area contributed by atoms with Crippen LogP contribution in [0, 0.1) is 0 Å². The second-order valence-electron chi connectivity index (χ2n) is 5.25. The van der Waals surface area contributed by atoms with Crippen molar-refractivity contribution in [1.82, 2.24) is 25.0 Å². The second kappa shape index (κ2) is 5.38. The third kappa shape index (κ3) is 2.41. The number of anilines is 1. The number of thiazole rings is 1. The van der Waals surface area contributed by atoms with Crippen LogP contribution >= 0.6 is 11.3 Å². The molecular weight excluding hydrogens is 300 g/mol. The van der Waals surface area contributed by atoms with Gasteiger partial charge >= 0.3 is 0 Å². The number of H-pyrrole nitrogens is 1. The second-order valence-corrected chi connectivity index (χ2v) is 6.10. The number of hydrogen-bond acceptors (Lipinski definition) is 5. The molecule has 4 rings (SSSR count). The van der Waals surface area contributed by atoms with Gasteiger partial charge in [0.1, 0.15) is 16.4 Å². The first-order valence-electron chi connectivity index (χ1n) is 7.11. The van der Waals surface area contributed by atoms with Crippen molar-refractivity contribution in [3.05, 3.63) is 35.7 Å². The number of aromatic amines is 1. The first-order chi connectivity index (χ1) is 10.8. The molecule has 1 saturated carbocycles. The van der Waals surface area contributed by atoms with E-state index in [0.717, 1.165) is 23.5 Å². The van der Waals surface area contributed by atoms with Gasteiger partial charge in [-0.05, 0) is 25.3 Å². The number of nitrogens with one attached hydrogen (secondary N) is 2. The Bertz CT molecular complexity index is 786. The van der Waals surface area contributed by atoms with Gasteiger partial charge in [-0.3, -0.25) is 14.6 Å². The van der Waals surface area contributed by atoms with E-state index in [1.165, 1.54) is 17.8 Å². The van der Waals surface area contributed by atoms with Gasteiger partial charge < -0.3 is 5.32 Å². The molecule has 0 aliphatic heterocycles. The van der Waals surface area contributed by atoms with Crippen molar-refractivity contribution in [1.29, 1.82) is 0 Å². The van der Waals surface area contributed by atoms with Crippen LogP contribution in [0.2, 0.25) is 0 Å². The van der Waals surface area contributed by atoms with E-state index in [1.54, 1.807) is 17.8 Å². The number of rotatable bonds is 4. The molecule has 1 amide bonds. The summed E-state index contributed by atoms with van der Waals surface area (Å²) in [6, 6.07) is 2.31. The van der Waals surface area contributed by atoms with E-state index in [4.69, 9.17) is 0 Å². The van der Waals surface area contributed by atoms with Gasteiger partial charge in [0.15, 0.2) is 0 Å². The molecule has 0 atom stereocenters. The van der Waals surface area contributed by atoms with Crippen LogP contribution in [0.5, 0.6) is 0 Å². The maximum Gasteiger partial charge on any atom is 0.275 e. The number of hydrogen-bond donors (Lipinski definition) is 2. The average Bonchev–Trinajstić information content (AvgIpc) is 3.18. The summed E-state index contributed by atoms with van der Waals surface area (Å²) in [4.78, 5) is 16.5. The summed E-state index contributed by atoms with van der Waals surface area (Å²) in [5.41, 5.74) is 1.83. The highest BCUT2D eigenvalue weighted by Crippen LogP contribution is 2.31. The Morgan fingerprint density at radius 3 is 3.09 bits per heavy atom. The number of aromatic nitrogens is 5. The topological polar surface area (TPSA) is 88.5 Å². The van der Waals surface area contributed by atoms with Crippen LogP contribution in [0.1, 0.15) is 35.8 Å². The number of nitrogens with zero attached hydrogens (tertiary/aromatic N) is 4. The minimum absolute atomic E-state index is 0.230. The minimum atomic E-state index is -0.230. The van der Waals surface area contributed by atoms with Crippen LogP contribution in [-0.4, -0.2) is 30.9 Å². The molecule has 1 aliphatic carbocycles. The van der Waals surface area contributed by atoms with Crippen molar-refractivity contribution in [2.45, 2.75) is 25.3 Å². The van der Waals surface area contributed by atoms with Crippen molar-refractivity contribution >= 4 is 22.9 Å². The van der Waals surface area contributed by atoms with Crippen LogP contribution < -0.4 is 5.32 Å². The highest BCUT2D eigenvalue weighted by Gasteiger charge is 2.20. The van der Waals surface area contributed by atoms with Gasteiger partial charge in [-0.15, -0.1) is 11.3 Å². The monoisotopic (exact) mass is 314 g/mol. The lowest BCUT2D eigenvalue weighted by Crippen LogP contribution is -2.17. The summed E-state index contributed by atoms with van der Waals surface area (Å²) in [5.74, 6) is -0.230. The van der Waals surface area contributed by atoms with Crippen molar-refractivity contribution in [3.8, 4) is 10.7 Å². The van der Waals surface area contributed by atoms with E-state index >= 15 is 0 Å². The molecule has 0 saturated heterocycles. The molecule has 2 N–H and O–H groups in total. The summed E-state index contributed by atoms with van der Waals surface area (Å²) in [6.07, 6.45) is 8.86. The summed E-state index contributed by atoms with van der Waals surface area (Å²) < 4.78 is 1.93. The van der Waals surface area contributed by atoms with Gasteiger partial charge in [-0.1, -0.05) is 0 Å². The average molecular weight is 314 g/mol. The van der Waals surface area contributed by atoms with Crippen LogP contribution in [0.25, 0.3) is 10.7 Å². The number of amides is 1. The predicted molar refractivity (Wildman–Crippen MR) is 82.8 cm³/mol. The van der Waals surface area contributed by atoms with E-state index in [0.29, 0.717) is 17.4 Å². The highest BCUT2D eigenvalue weighted by atomic mass is 32.1. The first kappa shape index (κ1) is 13.2. The smallest absolute Gasteiger partial charge is 0.275 e. The molecular formula is C14H14N6OS. The Kier molecular flexibility index (Phi) is 3.23. The van der Waals surface area contributed by atoms with Crippen LogP contribution in [0.4, 0.5) is 5.69 Å². The molecule has 0 bridgehead atoms. The fourth-order valence-corrected chi connectivity index (χ4v) is 3.09. The van der Waals surface area contributed by atoms with E-state index < -0.39 is 0 Å². The van der Waals surface area contributed by atoms with Gasteiger partial charge in [-0.25, -0.2) is 4.98 Å². The Balaban J connectivity index is 1.46. The summed E-state index contributed by atoms with van der Waals surface area (Å²) in [7, 11) is 0. The van der Waals surface area contributed by atoms with Crippen LogP contribution in [0.3, 0.4) is 0 Å². The largest absolute Gasteiger partial charge is 0.318 e. The standard InChI is InChI=1S/C14H14N6OS/c21-13(12-8-22-14(18-12)11-4-5-15-19-11)17-9-6-16-20(7-9)10-2-1-3-10/h4-8,10H,1-3H2,(H,15,19)(H,17,21). The molecule has 3 aromatic heterocycles. The van der Waals surface area contributed by atoms with Gasteiger partial charge in [-0.2, -0.15) is 10.2 Å².